The average molecular weight is 501 g/mol. The van der Waals surface area contributed by atoms with Gasteiger partial charge in [-0.1, -0.05) is 30.3 Å². The third-order valence-electron chi connectivity index (χ3n) is 9.53. The summed E-state index contributed by atoms with van der Waals surface area (Å²) in [4.78, 5) is 31.8. The van der Waals surface area contributed by atoms with E-state index < -0.39 is 17.9 Å². The first kappa shape index (κ1) is 28.6. The molecule has 2 heterocycles. The van der Waals surface area contributed by atoms with Crippen LogP contribution in [0.2, 0.25) is 0 Å². The topological polar surface area (TPSA) is 59.1 Å². The first-order valence-electron chi connectivity index (χ1n) is 13.4. The summed E-state index contributed by atoms with van der Waals surface area (Å²) in [7, 11) is 4.16. The van der Waals surface area contributed by atoms with E-state index in [2.05, 4.69) is 79.3 Å². The lowest BCUT2D eigenvalue weighted by molar-refractivity contribution is -0.185. The van der Waals surface area contributed by atoms with Crippen molar-refractivity contribution in [3.8, 4) is 0 Å². The smallest absolute Gasteiger partial charge is 0.321 e. The van der Waals surface area contributed by atoms with Crippen LogP contribution in [0.1, 0.15) is 86.6 Å². The van der Waals surface area contributed by atoms with Gasteiger partial charge in [-0.3, -0.25) is 19.4 Å². The molecular formula is C30H48N2O4. The number of piperidine rings is 2. The molecule has 36 heavy (non-hydrogen) atoms. The van der Waals surface area contributed by atoms with Crippen LogP contribution in [0.25, 0.3) is 0 Å². The van der Waals surface area contributed by atoms with Gasteiger partial charge in [-0.2, -0.15) is 0 Å². The number of carbonyl (C=O) groups is 2. The normalized spacial score (nSPS) is 28.2. The largest absolute Gasteiger partial charge is 0.460 e. The van der Waals surface area contributed by atoms with Gasteiger partial charge in [0.15, 0.2) is 5.92 Å². The van der Waals surface area contributed by atoms with Crippen molar-refractivity contribution in [3.63, 3.8) is 0 Å². The van der Waals surface area contributed by atoms with Gasteiger partial charge in [0.05, 0.1) is 11.1 Å². The third kappa shape index (κ3) is 5.65. The Morgan fingerprint density at radius 3 is 1.56 bits per heavy atom. The maximum Gasteiger partial charge on any atom is 0.321 e. The molecule has 0 N–H and O–H groups in total. The highest BCUT2D eigenvalue weighted by atomic mass is 16.6. The number of carbonyl (C=O) groups excluding carboxylic acids is 2. The van der Waals surface area contributed by atoms with Crippen LogP contribution in [0.5, 0.6) is 0 Å². The number of rotatable bonds is 6. The van der Waals surface area contributed by atoms with Crippen LogP contribution in [0, 0.1) is 5.92 Å². The summed E-state index contributed by atoms with van der Waals surface area (Å²) in [6.45, 7) is 17.3. The molecule has 3 rings (SSSR count). The molecular weight excluding hydrogens is 452 g/mol. The third-order valence-corrected chi connectivity index (χ3v) is 9.53. The number of benzene rings is 1. The van der Waals surface area contributed by atoms with E-state index in [1.807, 2.05) is 30.3 Å². The van der Waals surface area contributed by atoms with Crippen molar-refractivity contribution in [3.05, 3.63) is 35.9 Å². The second-order valence-corrected chi connectivity index (χ2v) is 13.2. The molecule has 0 saturated carbocycles. The zero-order chi connectivity index (χ0) is 27.1. The summed E-state index contributed by atoms with van der Waals surface area (Å²) < 4.78 is 12.3. The SMILES string of the molecule is CN1C(C)(C)CCC(OC(=O)C(Cc2ccccc2)C(=O)OC2CCC(C)(C)N(C)C2(C)C)C1(C)C. The van der Waals surface area contributed by atoms with Crippen LogP contribution in [0.3, 0.4) is 0 Å². The van der Waals surface area contributed by atoms with E-state index in [-0.39, 0.29) is 40.8 Å². The Labute approximate surface area is 218 Å². The standard InChI is InChI=1S/C30H48N2O4/c1-27(2)18-16-23(29(5,6)31(27)9)35-25(33)22(20-21-14-12-11-13-15-21)26(34)36-24-17-19-28(3,4)32(10)30(24,7)8/h11-15,22-24H,16-20H2,1-10H3. The Morgan fingerprint density at radius 1 is 0.778 bits per heavy atom. The van der Waals surface area contributed by atoms with Crippen molar-refractivity contribution in [2.45, 2.75) is 122 Å². The molecule has 2 aliphatic heterocycles. The molecule has 0 aliphatic carbocycles. The highest BCUT2D eigenvalue weighted by Crippen LogP contribution is 2.40. The van der Waals surface area contributed by atoms with Crippen LogP contribution in [-0.2, 0) is 25.5 Å². The van der Waals surface area contributed by atoms with E-state index in [1.165, 1.54) is 0 Å². The molecule has 1 aromatic rings. The zero-order valence-electron chi connectivity index (χ0n) is 24.2. The predicted octanol–water partition coefficient (Wildman–Crippen LogP) is 5.23. The van der Waals surface area contributed by atoms with Crippen molar-refractivity contribution in [1.82, 2.24) is 9.80 Å². The molecule has 2 aliphatic rings. The summed E-state index contributed by atoms with van der Waals surface area (Å²) in [5, 5.41) is 0. The number of likely N-dealkylation sites (tertiary alicyclic amines) is 2. The van der Waals surface area contributed by atoms with Gasteiger partial charge >= 0.3 is 11.9 Å². The van der Waals surface area contributed by atoms with E-state index in [4.69, 9.17) is 9.47 Å². The van der Waals surface area contributed by atoms with Gasteiger partial charge < -0.3 is 9.47 Å². The van der Waals surface area contributed by atoms with Crippen LogP contribution in [-0.4, -0.2) is 70.2 Å². The second kappa shape index (κ2) is 10.1. The minimum Gasteiger partial charge on any atom is -0.460 e. The van der Waals surface area contributed by atoms with Crippen LogP contribution < -0.4 is 0 Å². The summed E-state index contributed by atoms with van der Waals surface area (Å²) in [5.74, 6) is -1.98. The molecule has 0 bridgehead atoms. The van der Waals surface area contributed by atoms with Crippen molar-refractivity contribution < 1.29 is 19.1 Å². The van der Waals surface area contributed by atoms with Crippen molar-refractivity contribution >= 4 is 11.9 Å². The van der Waals surface area contributed by atoms with Gasteiger partial charge in [-0.05, 0) is 107 Å². The number of nitrogens with zero attached hydrogens (tertiary/aromatic N) is 2. The molecule has 0 radical (unpaired) electrons. The number of esters is 2. The highest BCUT2D eigenvalue weighted by molar-refractivity contribution is 5.95. The maximum atomic E-state index is 13.6. The van der Waals surface area contributed by atoms with Gasteiger partial charge in [-0.25, -0.2) is 0 Å². The quantitative estimate of drug-likeness (QED) is 0.394. The highest BCUT2D eigenvalue weighted by Gasteiger charge is 2.50. The number of hydrogen-bond donors (Lipinski definition) is 0. The van der Waals surface area contributed by atoms with Crippen LogP contribution in [0.4, 0.5) is 0 Å². The minimum absolute atomic E-state index is 0.0150. The van der Waals surface area contributed by atoms with Crippen molar-refractivity contribution in [2.24, 2.45) is 5.92 Å². The number of ether oxygens (including phenoxy) is 2. The Bertz CT molecular complexity index is 882. The minimum atomic E-state index is -1.00. The van der Waals surface area contributed by atoms with E-state index >= 15 is 0 Å². The van der Waals surface area contributed by atoms with Crippen LogP contribution >= 0.6 is 0 Å². The molecule has 6 heteroatoms. The zero-order valence-corrected chi connectivity index (χ0v) is 24.2. The number of likely N-dealkylation sites (N-methyl/N-ethyl adjacent to an activating group) is 2. The molecule has 2 saturated heterocycles. The maximum absolute atomic E-state index is 13.6. The fraction of sp³-hybridized carbons (Fsp3) is 0.733. The summed E-state index contributed by atoms with van der Waals surface area (Å²) in [5.41, 5.74) is 0.248. The lowest BCUT2D eigenvalue weighted by Gasteiger charge is -2.54. The van der Waals surface area contributed by atoms with Gasteiger partial charge in [0.2, 0.25) is 0 Å². The summed E-state index contributed by atoms with van der Waals surface area (Å²) in [6.07, 6.45) is 3.02. The molecule has 2 fully saturated rings. The van der Waals surface area contributed by atoms with Gasteiger partial charge in [-0.15, -0.1) is 0 Å². The second-order valence-electron chi connectivity index (χ2n) is 13.2. The van der Waals surface area contributed by atoms with E-state index in [0.717, 1.165) is 31.2 Å². The molecule has 0 aromatic heterocycles. The first-order valence-corrected chi connectivity index (χ1v) is 13.4. The monoisotopic (exact) mass is 500 g/mol. The number of hydrogen-bond acceptors (Lipinski definition) is 6. The van der Waals surface area contributed by atoms with Crippen LogP contribution in [0.15, 0.2) is 30.3 Å². The first-order chi connectivity index (χ1) is 16.5. The van der Waals surface area contributed by atoms with E-state index in [0.29, 0.717) is 0 Å². The molecule has 0 spiro atoms. The Kier molecular flexibility index (Phi) is 8.03. The molecule has 6 nitrogen and oxygen atoms in total. The lowest BCUT2D eigenvalue weighted by atomic mass is 9.78. The van der Waals surface area contributed by atoms with E-state index in [9.17, 15) is 9.59 Å². The van der Waals surface area contributed by atoms with Crippen molar-refractivity contribution in [2.75, 3.05) is 14.1 Å². The van der Waals surface area contributed by atoms with Gasteiger partial charge in [0.1, 0.15) is 12.2 Å². The molecule has 0 amide bonds. The molecule has 1 aromatic carbocycles. The summed E-state index contributed by atoms with van der Waals surface area (Å²) in [6, 6.07) is 9.65. The Balaban J connectivity index is 1.81. The fourth-order valence-electron chi connectivity index (χ4n) is 5.97. The predicted molar refractivity (Wildman–Crippen MR) is 144 cm³/mol. The average Bonchev–Trinajstić information content (AvgIpc) is 2.80. The fourth-order valence-corrected chi connectivity index (χ4v) is 5.97. The summed E-state index contributed by atoms with van der Waals surface area (Å²) >= 11 is 0. The molecule has 2 unspecified atom stereocenters. The van der Waals surface area contributed by atoms with Gasteiger partial charge in [0.25, 0.3) is 0 Å². The van der Waals surface area contributed by atoms with E-state index in [1.54, 1.807) is 0 Å². The Hall–Kier alpha value is -1.92. The molecule has 2 atom stereocenters. The molecule has 202 valence electrons. The Morgan fingerprint density at radius 2 is 1.17 bits per heavy atom. The van der Waals surface area contributed by atoms with Crippen molar-refractivity contribution in [1.29, 1.82) is 0 Å². The lowest BCUT2D eigenvalue weighted by Crippen LogP contribution is -2.64. The van der Waals surface area contributed by atoms with Gasteiger partial charge in [0, 0.05) is 11.1 Å².